The quantitative estimate of drug-likeness (QED) is 0.767. The highest BCUT2D eigenvalue weighted by Gasteiger charge is 2.14. The maximum Gasteiger partial charge on any atom is 0.320 e. The summed E-state index contributed by atoms with van der Waals surface area (Å²) in [5.74, 6) is -0.991. The molecule has 0 aliphatic carbocycles. The van der Waals surface area contributed by atoms with E-state index in [1.807, 2.05) is 16.0 Å². The number of aliphatic carboxylic acids is 1. The smallest absolute Gasteiger partial charge is 0.320 e. The van der Waals surface area contributed by atoms with Crippen molar-refractivity contribution in [3.05, 3.63) is 23.5 Å². The monoisotopic (exact) mass is 211 g/mol. The average Bonchev–Trinajstić information content (AvgIpc) is 2.69. The normalized spacial score (nSPS) is 13.2. The Bertz CT molecular complexity index is 462. The molecule has 6 heteroatoms. The Balaban J connectivity index is 2.27. The van der Waals surface area contributed by atoms with Crippen LogP contribution in [0.3, 0.4) is 0 Å². The van der Waals surface area contributed by atoms with Gasteiger partial charge in [0.25, 0.3) is 0 Å². The topological polar surface area (TPSA) is 80.6 Å². The third kappa shape index (κ3) is 1.49. The van der Waals surface area contributed by atoms with Gasteiger partial charge in [-0.3, -0.25) is 9.20 Å². The Kier molecular flexibility index (Phi) is 2.22. The Morgan fingerprint density at radius 3 is 3.29 bits per heavy atom. The first kappa shape index (κ1) is 9.17. The first-order chi connectivity index (χ1) is 6.68. The van der Waals surface area contributed by atoms with Crippen molar-refractivity contribution in [2.75, 3.05) is 0 Å². The summed E-state index contributed by atoms with van der Waals surface area (Å²) in [6.45, 7) is 0. The van der Waals surface area contributed by atoms with E-state index in [0.717, 1.165) is 10.7 Å². The SMILES string of the molecule is NC(Cc1cnc2sccn12)C(=O)O. The number of aromatic nitrogens is 2. The summed E-state index contributed by atoms with van der Waals surface area (Å²) in [5.41, 5.74) is 6.26. The summed E-state index contributed by atoms with van der Waals surface area (Å²) in [4.78, 5) is 15.5. The number of imidazole rings is 1. The van der Waals surface area contributed by atoms with Crippen molar-refractivity contribution in [2.45, 2.75) is 12.5 Å². The molecule has 2 aromatic heterocycles. The molecule has 0 fully saturated rings. The maximum absolute atomic E-state index is 10.5. The number of carboxylic acid groups (broad SMARTS) is 1. The van der Waals surface area contributed by atoms with E-state index in [-0.39, 0.29) is 0 Å². The van der Waals surface area contributed by atoms with Gasteiger partial charge in [-0.25, -0.2) is 4.98 Å². The number of carbonyl (C=O) groups is 1. The van der Waals surface area contributed by atoms with Gasteiger partial charge in [-0.05, 0) is 0 Å². The summed E-state index contributed by atoms with van der Waals surface area (Å²) in [7, 11) is 0. The molecular formula is C8H9N3O2S. The molecule has 14 heavy (non-hydrogen) atoms. The van der Waals surface area contributed by atoms with E-state index in [9.17, 15) is 4.79 Å². The summed E-state index contributed by atoms with van der Waals surface area (Å²) in [6.07, 6.45) is 3.82. The molecule has 5 nitrogen and oxygen atoms in total. The molecule has 2 heterocycles. The number of fused-ring (bicyclic) bond motifs is 1. The maximum atomic E-state index is 10.5. The number of rotatable bonds is 3. The second kappa shape index (κ2) is 3.39. The number of hydrogen-bond acceptors (Lipinski definition) is 4. The van der Waals surface area contributed by atoms with Crippen LogP contribution in [0.4, 0.5) is 0 Å². The van der Waals surface area contributed by atoms with E-state index >= 15 is 0 Å². The molecule has 1 atom stereocenters. The minimum absolute atomic E-state index is 0.299. The van der Waals surface area contributed by atoms with E-state index < -0.39 is 12.0 Å². The van der Waals surface area contributed by atoms with Crippen molar-refractivity contribution in [2.24, 2.45) is 5.73 Å². The van der Waals surface area contributed by atoms with Gasteiger partial charge in [0, 0.05) is 23.7 Å². The van der Waals surface area contributed by atoms with E-state index in [1.54, 1.807) is 6.20 Å². The second-order valence-corrected chi connectivity index (χ2v) is 3.83. The van der Waals surface area contributed by atoms with E-state index in [0.29, 0.717) is 6.42 Å². The van der Waals surface area contributed by atoms with Gasteiger partial charge in [-0.1, -0.05) is 0 Å². The zero-order valence-electron chi connectivity index (χ0n) is 7.25. The molecule has 74 valence electrons. The molecule has 0 radical (unpaired) electrons. The van der Waals surface area contributed by atoms with Crippen LogP contribution in [-0.4, -0.2) is 26.5 Å². The minimum atomic E-state index is -0.991. The minimum Gasteiger partial charge on any atom is -0.480 e. The van der Waals surface area contributed by atoms with Crippen LogP contribution < -0.4 is 5.73 Å². The number of nitrogens with two attached hydrogens (primary N) is 1. The van der Waals surface area contributed by atoms with Crippen molar-refractivity contribution in [1.82, 2.24) is 9.38 Å². The number of nitrogens with zero attached hydrogens (tertiary/aromatic N) is 2. The van der Waals surface area contributed by atoms with Crippen molar-refractivity contribution < 1.29 is 9.90 Å². The largest absolute Gasteiger partial charge is 0.480 e. The average molecular weight is 211 g/mol. The van der Waals surface area contributed by atoms with Crippen LogP contribution in [0.5, 0.6) is 0 Å². The summed E-state index contributed by atoms with van der Waals surface area (Å²) < 4.78 is 1.85. The van der Waals surface area contributed by atoms with Gasteiger partial charge in [0.1, 0.15) is 6.04 Å². The lowest BCUT2D eigenvalue weighted by Crippen LogP contribution is -2.32. The van der Waals surface area contributed by atoms with Gasteiger partial charge in [0.2, 0.25) is 0 Å². The van der Waals surface area contributed by atoms with Gasteiger partial charge in [0.15, 0.2) is 4.96 Å². The zero-order chi connectivity index (χ0) is 10.1. The molecular weight excluding hydrogens is 202 g/mol. The molecule has 0 aliphatic heterocycles. The predicted molar refractivity (Wildman–Crippen MR) is 52.4 cm³/mol. The van der Waals surface area contributed by atoms with Crippen LogP contribution >= 0.6 is 11.3 Å². The fraction of sp³-hybridized carbons (Fsp3) is 0.250. The number of carboxylic acids is 1. The lowest BCUT2D eigenvalue weighted by atomic mass is 10.2. The van der Waals surface area contributed by atoms with Crippen molar-refractivity contribution in [1.29, 1.82) is 0 Å². The molecule has 0 aliphatic rings. The molecule has 0 amide bonds. The molecule has 3 N–H and O–H groups in total. The molecule has 0 bridgehead atoms. The lowest BCUT2D eigenvalue weighted by molar-refractivity contribution is -0.138. The van der Waals surface area contributed by atoms with Crippen LogP contribution in [0, 0.1) is 0 Å². The highest BCUT2D eigenvalue weighted by atomic mass is 32.1. The lowest BCUT2D eigenvalue weighted by Gasteiger charge is -2.03. The van der Waals surface area contributed by atoms with Gasteiger partial charge < -0.3 is 10.8 Å². The summed E-state index contributed by atoms with van der Waals surface area (Å²) in [5, 5.41) is 10.6. The zero-order valence-corrected chi connectivity index (χ0v) is 8.07. The van der Waals surface area contributed by atoms with E-state index in [2.05, 4.69) is 4.98 Å². The first-order valence-electron chi connectivity index (χ1n) is 4.06. The highest BCUT2D eigenvalue weighted by molar-refractivity contribution is 7.15. The third-order valence-corrected chi connectivity index (χ3v) is 2.74. The second-order valence-electron chi connectivity index (χ2n) is 2.95. The standard InChI is InChI=1S/C8H9N3O2S/c9-6(7(12)13)3-5-4-10-8-11(5)1-2-14-8/h1-2,4,6H,3,9H2,(H,12,13). The molecule has 2 aromatic rings. The molecule has 2 rings (SSSR count). The highest BCUT2D eigenvalue weighted by Crippen LogP contribution is 2.13. The van der Waals surface area contributed by atoms with Crippen molar-refractivity contribution in [3.8, 4) is 0 Å². The summed E-state index contributed by atoms with van der Waals surface area (Å²) in [6, 6.07) is -0.866. The van der Waals surface area contributed by atoms with Crippen LogP contribution in [0.15, 0.2) is 17.8 Å². The predicted octanol–water partition coefficient (Wildman–Crippen LogP) is 0.350. The molecule has 0 saturated carbocycles. The number of hydrogen-bond donors (Lipinski definition) is 2. The fourth-order valence-electron chi connectivity index (χ4n) is 1.24. The van der Waals surface area contributed by atoms with Gasteiger partial charge in [-0.15, -0.1) is 11.3 Å². The van der Waals surface area contributed by atoms with Crippen LogP contribution in [-0.2, 0) is 11.2 Å². The van der Waals surface area contributed by atoms with Crippen molar-refractivity contribution >= 4 is 22.3 Å². The van der Waals surface area contributed by atoms with Crippen LogP contribution in [0.1, 0.15) is 5.69 Å². The Labute approximate surface area is 83.8 Å². The van der Waals surface area contributed by atoms with Gasteiger partial charge in [-0.2, -0.15) is 0 Å². The molecule has 1 unspecified atom stereocenters. The van der Waals surface area contributed by atoms with E-state index in [1.165, 1.54) is 11.3 Å². The molecule has 0 aromatic carbocycles. The Morgan fingerprint density at radius 2 is 2.57 bits per heavy atom. The summed E-state index contributed by atoms with van der Waals surface area (Å²) >= 11 is 1.51. The fourth-order valence-corrected chi connectivity index (χ4v) is 1.95. The Hall–Kier alpha value is -1.40. The first-order valence-corrected chi connectivity index (χ1v) is 4.94. The van der Waals surface area contributed by atoms with Crippen LogP contribution in [0.2, 0.25) is 0 Å². The van der Waals surface area contributed by atoms with E-state index in [4.69, 9.17) is 10.8 Å². The van der Waals surface area contributed by atoms with Crippen molar-refractivity contribution in [3.63, 3.8) is 0 Å². The number of thiazole rings is 1. The van der Waals surface area contributed by atoms with Gasteiger partial charge >= 0.3 is 5.97 Å². The van der Waals surface area contributed by atoms with Gasteiger partial charge in [0.05, 0.1) is 6.20 Å². The molecule has 0 saturated heterocycles. The Morgan fingerprint density at radius 1 is 1.79 bits per heavy atom. The van der Waals surface area contributed by atoms with Crippen LogP contribution in [0.25, 0.3) is 4.96 Å². The molecule has 0 spiro atoms. The third-order valence-electron chi connectivity index (χ3n) is 1.97.